The van der Waals surface area contributed by atoms with Crippen LogP contribution in [0, 0.1) is 27.7 Å². The number of hydrogen-bond donors (Lipinski definition) is 0. The quantitative estimate of drug-likeness (QED) is 0.168. The molecule has 2 nitrogen and oxygen atoms in total. The summed E-state index contributed by atoms with van der Waals surface area (Å²) >= 11 is 3.77. The summed E-state index contributed by atoms with van der Waals surface area (Å²) in [5, 5.41) is 7.95. The first kappa shape index (κ1) is 32.7. The van der Waals surface area contributed by atoms with Crippen molar-refractivity contribution >= 4 is 108 Å². The molecule has 8 aromatic carbocycles. The fraction of sp³-hybridized carbons (Fsp3) is 0.0800. The third-order valence-corrected chi connectivity index (χ3v) is 13.0. The van der Waals surface area contributed by atoms with Gasteiger partial charge in [-0.05, 0) is 123 Å². The molecule has 0 unspecified atom stereocenters. The Morgan fingerprint density at radius 3 is 0.870 bits per heavy atom. The zero-order valence-electron chi connectivity index (χ0n) is 30.7. The summed E-state index contributed by atoms with van der Waals surface area (Å²) in [6.07, 6.45) is 0. The fourth-order valence-electron chi connectivity index (χ4n) is 7.88. The zero-order chi connectivity index (χ0) is 36.5. The Hall–Kier alpha value is -5.94. The Morgan fingerprint density at radius 1 is 0.278 bits per heavy atom. The molecule has 54 heavy (non-hydrogen) atoms. The van der Waals surface area contributed by atoms with Crippen LogP contribution in [0.1, 0.15) is 22.3 Å². The van der Waals surface area contributed by atoms with Gasteiger partial charge in [-0.15, -0.1) is 22.7 Å². The average molecular weight is 731 g/mol. The summed E-state index contributed by atoms with van der Waals surface area (Å²) in [5.41, 5.74) is 12.0. The molecule has 0 aliphatic carbocycles. The maximum absolute atomic E-state index is 2.37. The van der Waals surface area contributed by atoms with Gasteiger partial charge in [0.2, 0.25) is 0 Å². The molecule has 0 fully saturated rings. The number of hydrogen-bond acceptors (Lipinski definition) is 4. The lowest BCUT2D eigenvalue weighted by Gasteiger charge is -2.26. The van der Waals surface area contributed by atoms with Gasteiger partial charge in [0.25, 0.3) is 0 Å². The monoisotopic (exact) mass is 730 g/mol. The summed E-state index contributed by atoms with van der Waals surface area (Å²) in [6, 6.07) is 58.7. The SMILES string of the molecule is Cc1ccc(N(c2ccc(C)cc2)c2ccc3c(c2)sc2ccc4c(ccc5sc6cc(N(c7ccc(C)cc7)c7ccc(C)cc7)ccc6c54)c23)cc1. The van der Waals surface area contributed by atoms with E-state index in [4.69, 9.17) is 0 Å². The van der Waals surface area contributed by atoms with E-state index in [0.29, 0.717) is 0 Å². The summed E-state index contributed by atoms with van der Waals surface area (Å²) in [7, 11) is 0. The number of nitrogens with zero attached hydrogens (tertiary/aromatic N) is 2. The van der Waals surface area contributed by atoms with E-state index in [9.17, 15) is 0 Å². The Bertz CT molecular complexity index is 2710. The van der Waals surface area contributed by atoms with Gasteiger partial charge in [0.1, 0.15) is 0 Å². The van der Waals surface area contributed by atoms with Gasteiger partial charge in [0.05, 0.1) is 0 Å². The molecule has 0 saturated heterocycles. The second-order valence-corrected chi connectivity index (χ2v) is 16.7. The van der Waals surface area contributed by atoms with E-state index in [1.165, 1.54) is 84.7 Å². The summed E-state index contributed by atoms with van der Waals surface area (Å²) in [6.45, 7) is 8.57. The molecule has 0 spiro atoms. The molecule has 0 aliphatic heterocycles. The van der Waals surface area contributed by atoms with E-state index in [0.717, 1.165) is 22.7 Å². The van der Waals surface area contributed by atoms with Crippen LogP contribution in [-0.2, 0) is 0 Å². The number of thiophene rings is 2. The first-order valence-corrected chi connectivity index (χ1v) is 20.1. The number of fused-ring (bicyclic) bond motifs is 9. The highest BCUT2D eigenvalue weighted by atomic mass is 32.1. The first-order valence-electron chi connectivity index (χ1n) is 18.5. The number of benzene rings is 8. The lowest BCUT2D eigenvalue weighted by Crippen LogP contribution is -2.09. The standard InChI is InChI=1S/C50H38N2S2/c1-31-5-13-35(14-6-31)51(36-15-7-32(2)8-16-36)39-21-23-43-47(29-39)53-45-27-25-42-41(49(43)45)26-28-46-50(42)44-24-22-40(30-48(44)54-46)52(37-17-9-33(3)10-18-37)38-19-11-34(4)12-20-38/h5-30H,1-4H3. The van der Waals surface area contributed by atoms with Crippen LogP contribution in [0.25, 0.3) is 51.1 Å². The van der Waals surface area contributed by atoms with Gasteiger partial charge in [0.15, 0.2) is 0 Å². The molecule has 10 aromatic rings. The molecule has 0 bridgehead atoms. The smallest absolute Gasteiger partial charge is 0.0476 e. The molecule has 10 rings (SSSR count). The van der Waals surface area contributed by atoms with Crippen molar-refractivity contribution in [3.8, 4) is 0 Å². The number of anilines is 6. The Labute approximate surface area is 323 Å². The minimum atomic E-state index is 1.16. The van der Waals surface area contributed by atoms with E-state index in [-0.39, 0.29) is 0 Å². The van der Waals surface area contributed by atoms with Crippen molar-refractivity contribution < 1.29 is 0 Å². The van der Waals surface area contributed by atoms with Crippen molar-refractivity contribution in [1.29, 1.82) is 0 Å². The molecule has 4 heteroatoms. The molecule has 0 aliphatic rings. The van der Waals surface area contributed by atoms with E-state index in [1.54, 1.807) is 0 Å². The highest BCUT2D eigenvalue weighted by Crippen LogP contribution is 2.47. The minimum absolute atomic E-state index is 1.16. The largest absolute Gasteiger partial charge is 0.310 e. The van der Waals surface area contributed by atoms with Gasteiger partial charge in [-0.3, -0.25) is 0 Å². The van der Waals surface area contributed by atoms with Crippen LogP contribution in [0.4, 0.5) is 34.1 Å². The summed E-state index contributed by atoms with van der Waals surface area (Å²) in [5.74, 6) is 0. The first-order chi connectivity index (χ1) is 26.4. The molecule has 0 N–H and O–H groups in total. The molecule has 0 atom stereocenters. The summed E-state index contributed by atoms with van der Waals surface area (Å²) in [4.78, 5) is 4.74. The maximum Gasteiger partial charge on any atom is 0.0476 e. The van der Waals surface area contributed by atoms with E-state index >= 15 is 0 Å². The third-order valence-electron chi connectivity index (χ3n) is 10.7. The van der Waals surface area contributed by atoms with Gasteiger partial charge < -0.3 is 9.80 Å². The van der Waals surface area contributed by atoms with Crippen molar-refractivity contribution in [3.63, 3.8) is 0 Å². The van der Waals surface area contributed by atoms with Crippen LogP contribution >= 0.6 is 22.7 Å². The Morgan fingerprint density at radius 2 is 0.556 bits per heavy atom. The number of aryl methyl sites for hydroxylation is 4. The third kappa shape index (κ3) is 5.53. The Balaban J connectivity index is 1.11. The molecule has 2 heterocycles. The predicted molar refractivity (Wildman–Crippen MR) is 238 cm³/mol. The zero-order valence-corrected chi connectivity index (χ0v) is 32.4. The number of rotatable bonds is 6. The highest BCUT2D eigenvalue weighted by molar-refractivity contribution is 7.26. The van der Waals surface area contributed by atoms with Crippen LogP contribution in [0.2, 0.25) is 0 Å². The van der Waals surface area contributed by atoms with Crippen molar-refractivity contribution in [2.24, 2.45) is 0 Å². The molecule has 0 radical (unpaired) electrons. The Kier molecular flexibility index (Phi) is 7.79. The predicted octanol–water partition coefficient (Wildman–Crippen LogP) is 15.7. The minimum Gasteiger partial charge on any atom is -0.310 e. The van der Waals surface area contributed by atoms with E-state index in [2.05, 4.69) is 195 Å². The van der Waals surface area contributed by atoms with Crippen LogP contribution in [0.5, 0.6) is 0 Å². The highest BCUT2D eigenvalue weighted by Gasteiger charge is 2.19. The molecule has 2 aromatic heterocycles. The molecular formula is C50H38N2S2. The van der Waals surface area contributed by atoms with Crippen molar-refractivity contribution in [1.82, 2.24) is 0 Å². The second-order valence-electron chi connectivity index (χ2n) is 14.6. The van der Waals surface area contributed by atoms with Crippen LogP contribution in [-0.4, -0.2) is 0 Å². The van der Waals surface area contributed by atoms with Crippen molar-refractivity contribution in [2.75, 3.05) is 9.80 Å². The van der Waals surface area contributed by atoms with Gasteiger partial charge in [-0.2, -0.15) is 0 Å². The van der Waals surface area contributed by atoms with E-state index < -0.39 is 0 Å². The van der Waals surface area contributed by atoms with Gasteiger partial charge >= 0.3 is 0 Å². The average Bonchev–Trinajstić information content (AvgIpc) is 3.76. The molecule has 0 amide bonds. The maximum atomic E-state index is 2.37. The van der Waals surface area contributed by atoms with Gasteiger partial charge in [-0.1, -0.05) is 95.1 Å². The molecule has 260 valence electrons. The fourth-order valence-corrected chi connectivity index (χ4v) is 10.2. The second kappa shape index (κ2) is 12.9. The lowest BCUT2D eigenvalue weighted by molar-refractivity contribution is 1.27. The van der Waals surface area contributed by atoms with Crippen LogP contribution in [0.3, 0.4) is 0 Å². The normalized spacial score (nSPS) is 11.7. The van der Waals surface area contributed by atoms with Crippen LogP contribution in [0.15, 0.2) is 158 Å². The van der Waals surface area contributed by atoms with Gasteiger partial charge in [0, 0.05) is 74.5 Å². The molecule has 0 saturated carbocycles. The summed E-state index contributed by atoms with van der Waals surface area (Å²) < 4.78 is 5.23. The van der Waals surface area contributed by atoms with Crippen molar-refractivity contribution in [3.05, 3.63) is 180 Å². The van der Waals surface area contributed by atoms with Crippen molar-refractivity contribution in [2.45, 2.75) is 27.7 Å². The van der Waals surface area contributed by atoms with Crippen LogP contribution < -0.4 is 9.80 Å². The van der Waals surface area contributed by atoms with E-state index in [1.807, 2.05) is 22.7 Å². The lowest BCUT2D eigenvalue weighted by atomic mass is 9.99. The topological polar surface area (TPSA) is 6.48 Å². The van der Waals surface area contributed by atoms with Gasteiger partial charge in [-0.25, -0.2) is 0 Å². The molecular weight excluding hydrogens is 693 g/mol.